The maximum absolute atomic E-state index is 5.91. The fourth-order valence-corrected chi connectivity index (χ4v) is 3.08. The average molecular weight is 391 g/mol. The summed E-state index contributed by atoms with van der Waals surface area (Å²) < 4.78 is 11.7. The highest BCUT2D eigenvalue weighted by molar-refractivity contribution is 5.66. The third-order valence-corrected chi connectivity index (χ3v) is 4.56. The molecule has 3 heterocycles. The van der Waals surface area contributed by atoms with Crippen LogP contribution in [-0.2, 0) is 0 Å². The molecule has 0 fully saturated rings. The van der Waals surface area contributed by atoms with Crippen LogP contribution in [-0.4, -0.2) is 15.0 Å². The lowest BCUT2D eigenvalue weighted by Crippen LogP contribution is -1.88. The number of aromatic nitrogens is 3. The third-order valence-electron chi connectivity index (χ3n) is 4.56. The molecule has 0 aliphatic heterocycles. The summed E-state index contributed by atoms with van der Waals surface area (Å²) in [4.78, 5) is 13.2. The van der Waals surface area contributed by atoms with Crippen LogP contribution in [0.1, 0.15) is 0 Å². The highest BCUT2D eigenvalue weighted by atomic mass is 16.5. The molecule has 5 nitrogen and oxygen atoms in total. The van der Waals surface area contributed by atoms with E-state index in [1.165, 1.54) is 0 Å². The predicted octanol–water partition coefficient (Wildman–Crippen LogP) is 6.26. The van der Waals surface area contributed by atoms with Crippen LogP contribution in [0.4, 0.5) is 0 Å². The molecule has 0 saturated heterocycles. The van der Waals surface area contributed by atoms with Crippen molar-refractivity contribution in [2.45, 2.75) is 0 Å². The van der Waals surface area contributed by atoms with Gasteiger partial charge in [-0.05, 0) is 42.5 Å². The van der Waals surface area contributed by atoms with E-state index in [2.05, 4.69) is 15.0 Å². The van der Waals surface area contributed by atoms with E-state index in [9.17, 15) is 0 Å². The number of ether oxygens (including phenoxy) is 1. The molecule has 5 heteroatoms. The van der Waals surface area contributed by atoms with Crippen molar-refractivity contribution in [3.05, 3.63) is 104 Å². The first-order valence-electron chi connectivity index (χ1n) is 9.52. The molecule has 5 aromatic rings. The first-order chi connectivity index (χ1) is 14.8. The largest absolute Gasteiger partial charge is 0.439 e. The molecule has 0 saturated carbocycles. The van der Waals surface area contributed by atoms with Gasteiger partial charge in [0.2, 0.25) is 11.8 Å². The van der Waals surface area contributed by atoms with Crippen LogP contribution in [0.5, 0.6) is 11.6 Å². The van der Waals surface area contributed by atoms with Crippen molar-refractivity contribution in [1.29, 1.82) is 0 Å². The molecule has 0 bridgehead atoms. The van der Waals surface area contributed by atoms with Gasteiger partial charge in [-0.2, -0.15) is 0 Å². The second-order valence-corrected chi connectivity index (χ2v) is 6.63. The third kappa shape index (κ3) is 3.82. The Balaban J connectivity index is 1.37. The van der Waals surface area contributed by atoms with Gasteiger partial charge in [0.15, 0.2) is 5.76 Å². The monoisotopic (exact) mass is 391 g/mol. The van der Waals surface area contributed by atoms with Crippen molar-refractivity contribution in [3.63, 3.8) is 0 Å². The number of pyridine rings is 2. The Hall–Kier alpha value is -4.25. The molecule has 0 spiro atoms. The number of rotatable bonds is 5. The Morgan fingerprint density at radius 3 is 2.30 bits per heavy atom. The summed E-state index contributed by atoms with van der Waals surface area (Å²) in [6.45, 7) is 0. The maximum Gasteiger partial charge on any atom is 0.226 e. The zero-order valence-electron chi connectivity index (χ0n) is 16.0. The molecule has 0 amide bonds. The van der Waals surface area contributed by atoms with Crippen molar-refractivity contribution >= 4 is 0 Å². The topological polar surface area (TPSA) is 61.0 Å². The minimum absolute atomic E-state index is 0.553. The first-order valence-corrected chi connectivity index (χ1v) is 9.52. The van der Waals surface area contributed by atoms with E-state index in [1.807, 2.05) is 84.9 Å². The summed E-state index contributed by atoms with van der Waals surface area (Å²) in [7, 11) is 0. The van der Waals surface area contributed by atoms with Crippen LogP contribution in [0.2, 0.25) is 0 Å². The lowest BCUT2D eigenvalue weighted by molar-refractivity contribution is 0.463. The summed E-state index contributed by atoms with van der Waals surface area (Å²) in [5, 5.41) is 0. The highest BCUT2D eigenvalue weighted by Crippen LogP contribution is 2.29. The van der Waals surface area contributed by atoms with Crippen molar-refractivity contribution in [2.24, 2.45) is 0 Å². The Morgan fingerprint density at radius 2 is 1.50 bits per heavy atom. The van der Waals surface area contributed by atoms with Crippen LogP contribution < -0.4 is 4.74 Å². The second-order valence-electron chi connectivity index (χ2n) is 6.63. The van der Waals surface area contributed by atoms with E-state index in [1.54, 1.807) is 18.6 Å². The molecule has 5 rings (SSSR count). The average Bonchev–Trinajstić information content (AvgIpc) is 3.31. The Labute approximate surface area is 173 Å². The fourth-order valence-electron chi connectivity index (χ4n) is 3.08. The zero-order valence-corrected chi connectivity index (χ0v) is 16.0. The van der Waals surface area contributed by atoms with Crippen molar-refractivity contribution in [2.75, 3.05) is 0 Å². The van der Waals surface area contributed by atoms with Crippen LogP contribution >= 0.6 is 0 Å². The van der Waals surface area contributed by atoms with Crippen LogP contribution in [0.3, 0.4) is 0 Å². The Kier molecular flexibility index (Phi) is 4.76. The zero-order chi connectivity index (χ0) is 20.2. The van der Waals surface area contributed by atoms with E-state index in [-0.39, 0.29) is 0 Å². The minimum atomic E-state index is 0.553. The van der Waals surface area contributed by atoms with Crippen molar-refractivity contribution < 1.29 is 9.15 Å². The number of hydrogen-bond acceptors (Lipinski definition) is 5. The van der Waals surface area contributed by atoms with Gasteiger partial charge in [-0.3, -0.25) is 4.98 Å². The van der Waals surface area contributed by atoms with Gasteiger partial charge in [-0.25, -0.2) is 9.97 Å². The molecule has 0 unspecified atom stereocenters. The van der Waals surface area contributed by atoms with Gasteiger partial charge < -0.3 is 9.15 Å². The molecular weight excluding hydrogens is 374 g/mol. The molecule has 30 heavy (non-hydrogen) atoms. The molecule has 0 atom stereocenters. The lowest BCUT2D eigenvalue weighted by Gasteiger charge is -2.07. The molecule has 0 radical (unpaired) electrons. The molecule has 0 N–H and O–H groups in total. The predicted molar refractivity (Wildman–Crippen MR) is 115 cm³/mol. The molecule has 144 valence electrons. The number of nitrogens with zero attached hydrogens (tertiary/aromatic N) is 3. The normalized spacial score (nSPS) is 10.7. The SMILES string of the molecule is c1ccc(-c2ncc(-c3ccc(-c4cccc(Oc5ccccn5)c4)nc3)o2)cc1. The number of benzene rings is 2. The van der Waals surface area contributed by atoms with E-state index in [0.29, 0.717) is 23.3 Å². The van der Waals surface area contributed by atoms with Crippen molar-refractivity contribution in [3.8, 4) is 45.7 Å². The van der Waals surface area contributed by atoms with Gasteiger partial charge in [0.25, 0.3) is 0 Å². The van der Waals surface area contributed by atoms with Gasteiger partial charge in [0.05, 0.1) is 11.9 Å². The Morgan fingerprint density at radius 1 is 0.633 bits per heavy atom. The lowest BCUT2D eigenvalue weighted by atomic mass is 10.1. The van der Waals surface area contributed by atoms with Crippen LogP contribution in [0.25, 0.3) is 34.0 Å². The van der Waals surface area contributed by atoms with Gasteiger partial charge in [0.1, 0.15) is 5.75 Å². The summed E-state index contributed by atoms with van der Waals surface area (Å²) >= 11 is 0. The van der Waals surface area contributed by atoms with E-state index in [4.69, 9.17) is 9.15 Å². The van der Waals surface area contributed by atoms with Gasteiger partial charge in [0, 0.05) is 35.2 Å². The van der Waals surface area contributed by atoms with Crippen molar-refractivity contribution in [1.82, 2.24) is 15.0 Å². The molecular formula is C25H17N3O2. The quantitative estimate of drug-likeness (QED) is 0.354. The smallest absolute Gasteiger partial charge is 0.226 e. The standard InChI is InChI=1S/C25H17N3O2/c1-2-7-18(8-3-1)25-28-17-23(30-25)20-12-13-22(27-16-20)19-9-6-10-21(15-19)29-24-11-4-5-14-26-24/h1-17H. The minimum Gasteiger partial charge on any atom is -0.439 e. The van der Waals surface area contributed by atoms with Gasteiger partial charge in [-0.15, -0.1) is 0 Å². The summed E-state index contributed by atoms with van der Waals surface area (Å²) in [5.74, 6) is 2.53. The van der Waals surface area contributed by atoms with Crippen LogP contribution in [0.15, 0.2) is 108 Å². The van der Waals surface area contributed by atoms with Gasteiger partial charge >= 0.3 is 0 Å². The summed E-state index contributed by atoms with van der Waals surface area (Å²) in [6.07, 6.45) is 5.21. The van der Waals surface area contributed by atoms with Gasteiger partial charge in [-0.1, -0.05) is 36.4 Å². The number of hydrogen-bond donors (Lipinski definition) is 0. The summed E-state index contributed by atoms with van der Waals surface area (Å²) in [6, 6.07) is 27.1. The van der Waals surface area contributed by atoms with E-state index < -0.39 is 0 Å². The molecule has 0 aliphatic rings. The highest BCUT2D eigenvalue weighted by Gasteiger charge is 2.09. The molecule has 3 aromatic heterocycles. The molecule has 0 aliphatic carbocycles. The fraction of sp³-hybridized carbons (Fsp3) is 0. The Bertz CT molecular complexity index is 1250. The second kappa shape index (κ2) is 8.01. The summed E-state index contributed by atoms with van der Waals surface area (Å²) in [5.41, 5.74) is 3.61. The van der Waals surface area contributed by atoms with E-state index >= 15 is 0 Å². The van der Waals surface area contributed by atoms with E-state index in [0.717, 1.165) is 22.4 Å². The number of oxazole rings is 1. The molecule has 2 aromatic carbocycles. The maximum atomic E-state index is 5.91. The first kappa shape index (κ1) is 17.8. The van der Waals surface area contributed by atoms with Crippen LogP contribution in [0, 0.1) is 0 Å².